The Kier molecular flexibility index (Phi) is 9.17. The number of carbonyl (C=O) groups is 1. The van der Waals surface area contributed by atoms with Gasteiger partial charge in [0.05, 0.1) is 25.4 Å². The summed E-state index contributed by atoms with van der Waals surface area (Å²) < 4.78 is 0. The van der Waals surface area contributed by atoms with Crippen molar-refractivity contribution < 1.29 is 25.2 Å². The minimum Gasteiger partial charge on any atom is -0.478 e. The third kappa shape index (κ3) is 5.82. The van der Waals surface area contributed by atoms with E-state index in [9.17, 15) is 9.90 Å². The number of rotatable bonds is 8. The summed E-state index contributed by atoms with van der Waals surface area (Å²) in [4.78, 5) is 13.7. The van der Waals surface area contributed by atoms with E-state index in [2.05, 4.69) is 115 Å². The Balaban J connectivity index is 0.000000397. The molecule has 6 aromatic rings. The largest absolute Gasteiger partial charge is 0.478 e. The van der Waals surface area contributed by atoms with E-state index in [4.69, 9.17) is 15.3 Å². The van der Waals surface area contributed by atoms with Crippen LogP contribution in [-0.2, 0) is 24.1 Å². The SMILES string of the molecule is CCC(CO)(CO)CO.O=C(O)C(=C(c1cccc2c1Cc1ccccc1-2)c1cccc2c1Cc1ccccc1-2)c1cccc2c1Cc1ccccc1-2. The lowest BCUT2D eigenvalue weighted by Gasteiger charge is -2.24. The normalized spacial score (nSPS) is 12.8. The van der Waals surface area contributed by atoms with Gasteiger partial charge in [-0.05, 0) is 109 Å². The third-order valence-electron chi connectivity index (χ3n) is 11.6. The molecule has 0 saturated heterocycles. The van der Waals surface area contributed by atoms with Crippen molar-refractivity contribution >= 4 is 17.1 Å². The molecular weight excluding hydrogens is 657 g/mol. The molecule has 5 nitrogen and oxygen atoms in total. The summed E-state index contributed by atoms with van der Waals surface area (Å²) in [7, 11) is 0. The number of aliphatic hydroxyl groups is 3. The van der Waals surface area contributed by atoms with Crippen molar-refractivity contribution in [2.24, 2.45) is 5.41 Å². The number of hydrogen-bond acceptors (Lipinski definition) is 4. The summed E-state index contributed by atoms with van der Waals surface area (Å²) in [5, 5.41) is 37.2. The first-order valence-corrected chi connectivity index (χ1v) is 18.3. The highest BCUT2D eigenvalue weighted by atomic mass is 16.4. The van der Waals surface area contributed by atoms with Crippen LogP contribution in [0.5, 0.6) is 0 Å². The van der Waals surface area contributed by atoms with Gasteiger partial charge in [-0.25, -0.2) is 4.79 Å². The van der Waals surface area contributed by atoms with Crippen molar-refractivity contribution in [3.8, 4) is 33.4 Å². The van der Waals surface area contributed by atoms with Crippen LogP contribution in [-0.4, -0.2) is 46.2 Å². The fourth-order valence-electron chi connectivity index (χ4n) is 8.43. The van der Waals surface area contributed by atoms with Crippen LogP contribution >= 0.6 is 0 Å². The van der Waals surface area contributed by atoms with Gasteiger partial charge in [-0.1, -0.05) is 134 Å². The van der Waals surface area contributed by atoms with Crippen molar-refractivity contribution in [1.29, 1.82) is 0 Å². The van der Waals surface area contributed by atoms with Crippen LogP contribution in [0.2, 0.25) is 0 Å². The molecule has 0 heterocycles. The third-order valence-corrected chi connectivity index (χ3v) is 11.6. The molecule has 0 unspecified atom stereocenters. The van der Waals surface area contributed by atoms with Crippen molar-refractivity contribution in [3.63, 3.8) is 0 Å². The van der Waals surface area contributed by atoms with Gasteiger partial charge in [0.1, 0.15) is 0 Å². The molecule has 0 aromatic heterocycles. The molecule has 9 rings (SSSR count). The monoisotopic (exact) mass is 698 g/mol. The highest BCUT2D eigenvalue weighted by molar-refractivity contribution is 6.27. The zero-order chi connectivity index (χ0) is 36.7. The fraction of sp³-hybridized carbons (Fsp3) is 0.188. The Hall–Kier alpha value is -5.59. The second-order valence-corrected chi connectivity index (χ2v) is 14.4. The smallest absolute Gasteiger partial charge is 0.336 e. The standard InChI is InChI=1S/C42H28O2.C6H14O3/c43-42(44)41(36-21-9-18-33-30-15-6-3-12-27(30)24-39(33)36)40(34-19-7-16-31-28-13-4-1-10-25(28)22-37(31)34)35-20-8-17-32-29-14-5-2-11-26(29)23-38(32)35;1-2-6(3-7,4-8)5-9/h1-21H,22-24H2,(H,43,44);7-9H,2-5H2,1H3. The van der Waals surface area contributed by atoms with Crippen LogP contribution in [0, 0.1) is 5.41 Å². The lowest BCUT2D eigenvalue weighted by atomic mass is 9.81. The van der Waals surface area contributed by atoms with E-state index in [0.717, 1.165) is 52.7 Å². The number of fused-ring (bicyclic) bond motifs is 9. The van der Waals surface area contributed by atoms with Crippen LogP contribution in [0.4, 0.5) is 0 Å². The zero-order valence-corrected chi connectivity index (χ0v) is 29.8. The first-order valence-electron chi connectivity index (χ1n) is 18.3. The number of benzene rings is 6. The molecular formula is C48H42O5. The molecule has 3 aliphatic rings. The molecule has 4 N–H and O–H groups in total. The van der Waals surface area contributed by atoms with Gasteiger partial charge >= 0.3 is 5.97 Å². The van der Waals surface area contributed by atoms with E-state index >= 15 is 0 Å². The van der Waals surface area contributed by atoms with Gasteiger partial charge in [0.15, 0.2) is 0 Å². The molecule has 0 amide bonds. The Morgan fingerprint density at radius 2 is 0.830 bits per heavy atom. The van der Waals surface area contributed by atoms with E-state index in [-0.39, 0.29) is 19.8 Å². The quantitative estimate of drug-likeness (QED) is 0.0940. The second kappa shape index (κ2) is 14.1. The van der Waals surface area contributed by atoms with Crippen LogP contribution in [0.15, 0.2) is 127 Å². The summed E-state index contributed by atoms with van der Waals surface area (Å²) in [6.45, 7) is 1.35. The van der Waals surface area contributed by atoms with Gasteiger partial charge in [-0.15, -0.1) is 0 Å². The molecule has 0 atom stereocenters. The molecule has 0 fully saturated rings. The van der Waals surface area contributed by atoms with Gasteiger partial charge in [-0.2, -0.15) is 0 Å². The molecule has 53 heavy (non-hydrogen) atoms. The first-order chi connectivity index (χ1) is 25.9. The maximum absolute atomic E-state index is 13.7. The lowest BCUT2D eigenvalue weighted by molar-refractivity contribution is -0.130. The maximum atomic E-state index is 13.7. The summed E-state index contributed by atoms with van der Waals surface area (Å²) >= 11 is 0. The molecule has 264 valence electrons. The van der Waals surface area contributed by atoms with Crippen LogP contribution in [0.25, 0.3) is 44.5 Å². The van der Waals surface area contributed by atoms with Gasteiger partial charge in [-0.3, -0.25) is 0 Å². The number of carboxylic acid groups (broad SMARTS) is 1. The molecule has 5 heteroatoms. The van der Waals surface area contributed by atoms with E-state index in [1.54, 1.807) is 0 Å². The number of carboxylic acids is 1. The van der Waals surface area contributed by atoms with E-state index in [0.29, 0.717) is 12.0 Å². The molecule has 6 aromatic carbocycles. The Morgan fingerprint density at radius 3 is 1.17 bits per heavy atom. The maximum Gasteiger partial charge on any atom is 0.336 e. The zero-order valence-electron chi connectivity index (χ0n) is 29.8. The average Bonchev–Trinajstić information content (AvgIpc) is 3.90. The number of aliphatic hydroxyl groups excluding tert-OH is 3. The highest BCUT2D eigenvalue weighted by Crippen LogP contribution is 2.49. The average molecular weight is 699 g/mol. The molecule has 0 aliphatic heterocycles. The second-order valence-electron chi connectivity index (χ2n) is 14.4. The first kappa shape index (κ1) is 34.5. The lowest BCUT2D eigenvalue weighted by Crippen LogP contribution is -2.32. The van der Waals surface area contributed by atoms with Crippen molar-refractivity contribution in [2.45, 2.75) is 32.6 Å². The predicted molar refractivity (Wildman–Crippen MR) is 212 cm³/mol. The van der Waals surface area contributed by atoms with Crippen LogP contribution < -0.4 is 0 Å². The minimum atomic E-state index is -0.898. The minimum absolute atomic E-state index is 0.156. The topological polar surface area (TPSA) is 98.0 Å². The van der Waals surface area contributed by atoms with E-state index < -0.39 is 11.4 Å². The fourth-order valence-corrected chi connectivity index (χ4v) is 8.43. The Labute approximate surface area is 310 Å². The molecule has 0 spiro atoms. The molecule has 3 aliphatic carbocycles. The Bertz CT molecular complexity index is 2300. The van der Waals surface area contributed by atoms with Crippen LogP contribution in [0.1, 0.15) is 63.4 Å². The van der Waals surface area contributed by atoms with Gasteiger partial charge in [0.2, 0.25) is 0 Å². The number of aliphatic carboxylic acids is 1. The van der Waals surface area contributed by atoms with Crippen molar-refractivity contribution in [2.75, 3.05) is 19.8 Å². The summed E-state index contributed by atoms with van der Waals surface area (Å²) in [6.07, 6.45) is 2.89. The van der Waals surface area contributed by atoms with Crippen LogP contribution in [0.3, 0.4) is 0 Å². The molecule has 0 radical (unpaired) electrons. The summed E-state index contributed by atoms with van der Waals surface area (Å²) in [5.74, 6) is -0.898. The van der Waals surface area contributed by atoms with Crippen molar-refractivity contribution in [1.82, 2.24) is 0 Å². The van der Waals surface area contributed by atoms with E-state index in [1.807, 2.05) is 19.1 Å². The highest BCUT2D eigenvalue weighted by Gasteiger charge is 2.32. The number of hydrogen-bond donors (Lipinski definition) is 4. The molecule has 0 saturated carbocycles. The van der Waals surface area contributed by atoms with Crippen molar-refractivity contribution in [3.05, 3.63) is 177 Å². The van der Waals surface area contributed by atoms with E-state index in [1.165, 1.54) is 55.6 Å². The Morgan fingerprint density at radius 1 is 0.491 bits per heavy atom. The van der Waals surface area contributed by atoms with Gasteiger partial charge < -0.3 is 20.4 Å². The summed E-state index contributed by atoms with van der Waals surface area (Å²) in [6, 6.07) is 44.6. The van der Waals surface area contributed by atoms with Gasteiger partial charge in [0, 0.05) is 11.0 Å². The molecule has 0 bridgehead atoms. The predicted octanol–water partition coefficient (Wildman–Crippen LogP) is 8.80. The van der Waals surface area contributed by atoms with Gasteiger partial charge in [0.25, 0.3) is 0 Å². The summed E-state index contributed by atoms with van der Waals surface area (Å²) in [5.41, 5.74) is 17.9.